The third-order valence-corrected chi connectivity index (χ3v) is 15.8. The van der Waals surface area contributed by atoms with E-state index in [2.05, 4.69) is 39.9 Å². The van der Waals surface area contributed by atoms with E-state index in [0.29, 0.717) is 56.7 Å². The third kappa shape index (κ3) is 4.65. The Labute approximate surface area is 282 Å². The Bertz CT molecular complexity index is 1270. The summed E-state index contributed by atoms with van der Waals surface area (Å²) in [6.07, 6.45) is 14.0. The number of ether oxygens (including phenoxy) is 3. The first kappa shape index (κ1) is 33.0. The van der Waals surface area contributed by atoms with Crippen molar-refractivity contribution in [3.8, 4) is 0 Å². The number of aliphatic hydroxyl groups excluding tert-OH is 1. The Morgan fingerprint density at radius 3 is 2.62 bits per heavy atom. The molecule has 0 aromatic rings. The van der Waals surface area contributed by atoms with Gasteiger partial charge in [-0.1, -0.05) is 34.6 Å². The second-order valence-electron chi connectivity index (χ2n) is 18.2. The number of hydrogen-bond donors (Lipinski definition) is 2. The molecule has 6 aliphatic carbocycles. The molecule has 0 aromatic heterocycles. The molecule has 0 unspecified atom stereocenters. The van der Waals surface area contributed by atoms with Crippen LogP contribution in [0.2, 0.25) is 0 Å². The average molecular weight is 652 g/mol. The number of nitrogens with one attached hydrogen (secondary N) is 1. The topological polar surface area (TPSA) is 97.3 Å². The number of morpholine rings is 1. The molecule has 10 atom stereocenters. The highest BCUT2D eigenvalue weighted by Gasteiger charge is 2.85. The molecule has 2 saturated heterocycles. The molecule has 6 saturated carbocycles. The lowest BCUT2D eigenvalue weighted by molar-refractivity contribution is -0.242. The van der Waals surface area contributed by atoms with Crippen LogP contribution in [0.5, 0.6) is 0 Å². The highest BCUT2D eigenvalue weighted by Crippen LogP contribution is 2.90. The summed E-state index contributed by atoms with van der Waals surface area (Å²) < 4.78 is 19.6. The van der Waals surface area contributed by atoms with Crippen molar-refractivity contribution in [1.82, 2.24) is 10.2 Å². The molecule has 2 amide bonds. The number of aliphatic hydroxyl groups is 1. The molecule has 8 aliphatic rings. The van der Waals surface area contributed by atoms with Crippen LogP contribution < -0.4 is 5.32 Å². The van der Waals surface area contributed by atoms with Crippen LogP contribution >= 0.6 is 0 Å². The number of hydrogen-bond acceptors (Lipinski definition) is 6. The lowest BCUT2D eigenvalue weighted by atomic mass is 9.41. The number of carbonyl (C=O) groups excluding carboxylic acids is 2. The maximum absolute atomic E-state index is 12.9. The largest absolute Gasteiger partial charge is 0.389 e. The van der Waals surface area contributed by atoms with Gasteiger partial charge in [-0.15, -0.1) is 0 Å². The number of carbonyl (C=O) groups is 2. The fraction of sp³-hybridized carbons (Fsp3) is 0.872. The molecule has 8 heteroatoms. The van der Waals surface area contributed by atoms with Gasteiger partial charge in [0.1, 0.15) is 6.10 Å². The van der Waals surface area contributed by atoms with Crippen LogP contribution in [0.25, 0.3) is 0 Å². The Balaban J connectivity index is 0.987. The molecule has 0 bridgehead atoms. The van der Waals surface area contributed by atoms with E-state index in [4.69, 9.17) is 14.2 Å². The Morgan fingerprint density at radius 1 is 1.09 bits per heavy atom. The van der Waals surface area contributed by atoms with E-state index >= 15 is 0 Å². The fourth-order valence-electron chi connectivity index (χ4n) is 13.1. The standard InChI is InChI=1S/C39H59N2O6/c1-23-19-25(9-12-29(42)40-6)46-33-32(23)36(4)15-16-39-22-38(39)14-13-28(35(2,3)26(38)10-11-27(39)37(36,5)34(33)44)47-31-21-41(17-18-45-31)30(43)20-24-7-8-24/h23-24,26,28,31-32,34,44H,7-22H2,1-6H3,(H,40,42)/t23-,26+,28+,31+,32+,34+,36-,37-,38-,39+/m1/s1. The zero-order valence-electron chi connectivity index (χ0n) is 29.8. The molecule has 47 heavy (non-hydrogen) atoms. The van der Waals surface area contributed by atoms with E-state index in [9.17, 15) is 14.7 Å². The minimum Gasteiger partial charge on any atom is -0.389 e. The van der Waals surface area contributed by atoms with Gasteiger partial charge in [0.05, 0.1) is 31.5 Å². The van der Waals surface area contributed by atoms with Crippen molar-refractivity contribution in [2.24, 2.45) is 50.7 Å². The number of nitrogens with zero attached hydrogens (tertiary/aromatic N) is 1. The van der Waals surface area contributed by atoms with E-state index in [1.165, 1.54) is 32.1 Å². The minimum absolute atomic E-state index is 0.00188. The summed E-state index contributed by atoms with van der Waals surface area (Å²) in [4.78, 5) is 26.9. The maximum Gasteiger partial charge on any atom is 0.223 e. The molecular formula is C39H59N2O6. The molecule has 8 fully saturated rings. The number of rotatable bonds is 7. The highest BCUT2D eigenvalue weighted by molar-refractivity contribution is 5.77. The van der Waals surface area contributed by atoms with Gasteiger partial charge in [0.15, 0.2) is 6.29 Å². The normalized spacial score (nSPS) is 47.7. The Kier molecular flexibility index (Phi) is 7.81. The van der Waals surface area contributed by atoms with Crippen LogP contribution in [0.15, 0.2) is 0 Å². The second kappa shape index (κ2) is 11.1. The second-order valence-corrected chi connectivity index (χ2v) is 18.2. The van der Waals surface area contributed by atoms with E-state index < -0.39 is 6.10 Å². The van der Waals surface area contributed by atoms with Gasteiger partial charge < -0.3 is 29.5 Å². The lowest BCUT2D eigenvalue weighted by Crippen LogP contribution is -2.59. The smallest absolute Gasteiger partial charge is 0.223 e. The van der Waals surface area contributed by atoms with Gasteiger partial charge in [0.25, 0.3) is 0 Å². The van der Waals surface area contributed by atoms with E-state index in [-0.39, 0.29) is 57.2 Å². The Hall–Kier alpha value is -1.22. The van der Waals surface area contributed by atoms with Gasteiger partial charge in [-0.05, 0) is 116 Å². The molecule has 0 aromatic carbocycles. The molecule has 2 aliphatic heterocycles. The summed E-state index contributed by atoms with van der Waals surface area (Å²) in [7, 11) is 1.68. The third-order valence-electron chi connectivity index (χ3n) is 15.8. The molecule has 3 radical (unpaired) electrons. The lowest BCUT2D eigenvalue weighted by Gasteiger charge is -2.63. The van der Waals surface area contributed by atoms with Crippen molar-refractivity contribution in [3.05, 3.63) is 18.1 Å². The molecule has 261 valence electrons. The van der Waals surface area contributed by atoms with E-state index in [1.54, 1.807) is 13.0 Å². The quantitative estimate of drug-likeness (QED) is 0.352. The van der Waals surface area contributed by atoms with Crippen LogP contribution in [-0.2, 0) is 23.8 Å². The zero-order chi connectivity index (χ0) is 33.1. The van der Waals surface area contributed by atoms with Gasteiger partial charge in [0.2, 0.25) is 11.8 Å². The predicted octanol–water partition coefficient (Wildman–Crippen LogP) is 5.98. The summed E-state index contributed by atoms with van der Waals surface area (Å²) in [6.45, 7) is 13.8. The van der Waals surface area contributed by atoms with Gasteiger partial charge in [-0.2, -0.15) is 0 Å². The molecule has 2 heterocycles. The molecular weight excluding hydrogens is 592 g/mol. The zero-order valence-corrected chi connectivity index (χ0v) is 29.8. The number of fused-ring (bicyclic) bond motifs is 4. The maximum atomic E-state index is 12.9. The van der Waals surface area contributed by atoms with Crippen LogP contribution in [0, 0.1) is 68.9 Å². The van der Waals surface area contributed by atoms with Crippen LogP contribution in [0.1, 0.15) is 118 Å². The fourth-order valence-corrected chi connectivity index (χ4v) is 13.1. The summed E-state index contributed by atoms with van der Waals surface area (Å²) >= 11 is 0. The van der Waals surface area contributed by atoms with Gasteiger partial charge >= 0.3 is 0 Å². The van der Waals surface area contributed by atoms with Gasteiger partial charge in [0, 0.05) is 37.8 Å². The van der Waals surface area contributed by atoms with Crippen molar-refractivity contribution in [2.75, 3.05) is 26.7 Å². The first-order chi connectivity index (χ1) is 22.3. The number of amides is 2. The van der Waals surface area contributed by atoms with Crippen molar-refractivity contribution in [2.45, 2.75) is 137 Å². The molecule has 8 rings (SSSR count). The van der Waals surface area contributed by atoms with Gasteiger partial charge in [-0.3, -0.25) is 9.59 Å². The minimum atomic E-state index is -0.613. The summed E-state index contributed by atoms with van der Waals surface area (Å²) in [6, 6.07) is 0. The van der Waals surface area contributed by atoms with Gasteiger partial charge in [-0.25, -0.2) is 0 Å². The summed E-state index contributed by atoms with van der Waals surface area (Å²) in [5.41, 5.74) is 0.130. The molecule has 8 nitrogen and oxygen atoms in total. The monoisotopic (exact) mass is 651 g/mol. The van der Waals surface area contributed by atoms with Crippen molar-refractivity contribution in [1.29, 1.82) is 0 Å². The molecule has 2 N–H and O–H groups in total. The van der Waals surface area contributed by atoms with Crippen molar-refractivity contribution < 1.29 is 28.9 Å². The van der Waals surface area contributed by atoms with Crippen molar-refractivity contribution >= 4 is 11.8 Å². The SMILES string of the molecule is CNC(=O)CC[C]1C[C@@H](C)[C@H]2[C](O1)[C@H](O)[C@@]1(C)[C]3CC[C@H]4C(C)(C)[C@@H](O[C@H]5CN(C(=O)CC6CC6)CCO5)CC[C@@]45C[C@@]35CC[C@]21C. The van der Waals surface area contributed by atoms with E-state index in [1.807, 2.05) is 4.90 Å². The molecule has 2 spiro atoms. The summed E-state index contributed by atoms with van der Waals surface area (Å²) in [5, 5.41) is 15.1. The van der Waals surface area contributed by atoms with Crippen LogP contribution in [0.4, 0.5) is 0 Å². The average Bonchev–Trinajstić information content (AvgIpc) is 3.96. The Morgan fingerprint density at radius 2 is 1.87 bits per heavy atom. The predicted molar refractivity (Wildman–Crippen MR) is 177 cm³/mol. The summed E-state index contributed by atoms with van der Waals surface area (Å²) in [5.74, 6) is 3.71. The van der Waals surface area contributed by atoms with Crippen LogP contribution in [-0.4, -0.2) is 67.1 Å². The first-order valence-corrected chi connectivity index (χ1v) is 19.0. The first-order valence-electron chi connectivity index (χ1n) is 19.0. The van der Waals surface area contributed by atoms with E-state index in [0.717, 1.165) is 44.3 Å². The van der Waals surface area contributed by atoms with Crippen LogP contribution in [0.3, 0.4) is 0 Å². The highest BCUT2D eigenvalue weighted by atomic mass is 16.7. The van der Waals surface area contributed by atoms with Crippen molar-refractivity contribution in [3.63, 3.8) is 0 Å².